The van der Waals surface area contributed by atoms with E-state index < -0.39 is 15.4 Å². The first-order valence-electron chi connectivity index (χ1n) is 7.43. The standard InChI is InChI=1S/C15H19N3O4S/c1-10-7-12(19)8-11-9-13(17-18(10)11)14(20)16-15(2)3-5-23(21,22)6-4-15/h7-9,17H,3-6H2,1-2H3,(H,16,20). The Kier molecular flexibility index (Phi) is 3.59. The van der Waals surface area contributed by atoms with Crippen molar-refractivity contribution in [2.24, 2.45) is 0 Å². The topological polar surface area (TPSA) is 101 Å². The molecule has 0 aromatic carbocycles. The van der Waals surface area contributed by atoms with Crippen LogP contribution in [0.15, 0.2) is 23.0 Å². The molecule has 2 N–H and O–H groups in total. The number of aromatic nitrogens is 2. The zero-order valence-corrected chi connectivity index (χ0v) is 13.9. The van der Waals surface area contributed by atoms with Crippen molar-refractivity contribution < 1.29 is 13.2 Å². The number of sulfone groups is 1. The molecule has 7 nitrogen and oxygen atoms in total. The molecular formula is C15H19N3O4S. The number of amides is 1. The number of nitrogens with zero attached hydrogens (tertiary/aromatic N) is 1. The lowest BCUT2D eigenvalue weighted by Gasteiger charge is -2.34. The summed E-state index contributed by atoms with van der Waals surface area (Å²) in [5.74, 6) is -0.129. The summed E-state index contributed by atoms with van der Waals surface area (Å²) < 4.78 is 24.7. The lowest BCUT2D eigenvalue weighted by Crippen LogP contribution is -2.51. The number of aryl methyl sites for hydroxylation is 1. The third kappa shape index (κ3) is 3.17. The van der Waals surface area contributed by atoms with Gasteiger partial charge in [-0.1, -0.05) is 0 Å². The van der Waals surface area contributed by atoms with Gasteiger partial charge in [0.15, 0.2) is 5.43 Å². The number of H-pyrrole nitrogens is 1. The maximum absolute atomic E-state index is 12.5. The van der Waals surface area contributed by atoms with E-state index in [0.29, 0.717) is 29.7 Å². The van der Waals surface area contributed by atoms with Crippen LogP contribution in [-0.2, 0) is 9.84 Å². The van der Waals surface area contributed by atoms with Gasteiger partial charge >= 0.3 is 0 Å². The molecule has 1 aliphatic heterocycles. The van der Waals surface area contributed by atoms with E-state index in [9.17, 15) is 18.0 Å². The molecule has 124 valence electrons. The molecule has 2 aromatic heterocycles. The molecule has 3 heterocycles. The second-order valence-corrected chi connectivity index (χ2v) is 8.73. The highest BCUT2D eigenvalue weighted by Crippen LogP contribution is 2.23. The number of hydrogen-bond acceptors (Lipinski definition) is 4. The van der Waals surface area contributed by atoms with E-state index in [2.05, 4.69) is 10.4 Å². The van der Waals surface area contributed by atoms with Crippen molar-refractivity contribution in [1.82, 2.24) is 14.9 Å². The summed E-state index contributed by atoms with van der Waals surface area (Å²) in [4.78, 5) is 24.0. The van der Waals surface area contributed by atoms with Crippen LogP contribution in [0.3, 0.4) is 0 Å². The molecule has 1 fully saturated rings. The van der Waals surface area contributed by atoms with E-state index in [4.69, 9.17) is 0 Å². The maximum atomic E-state index is 12.5. The monoisotopic (exact) mass is 337 g/mol. The van der Waals surface area contributed by atoms with Crippen molar-refractivity contribution in [2.45, 2.75) is 32.2 Å². The summed E-state index contributed by atoms with van der Waals surface area (Å²) in [5, 5.41) is 5.88. The van der Waals surface area contributed by atoms with Crippen LogP contribution in [0.4, 0.5) is 0 Å². The Bertz CT molecular complexity index is 925. The van der Waals surface area contributed by atoms with Crippen LogP contribution in [0.1, 0.15) is 35.9 Å². The van der Waals surface area contributed by atoms with E-state index in [0.717, 1.165) is 0 Å². The Labute approximate surface area is 133 Å². The molecule has 0 atom stereocenters. The van der Waals surface area contributed by atoms with Gasteiger partial charge in [0.2, 0.25) is 0 Å². The van der Waals surface area contributed by atoms with Gasteiger partial charge < -0.3 is 5.32 Å². The maximum Gasteiger partial charge on any atom is 0.269 e. The fourth-order valence-electron chi connectivity index (χ4n) is 2.86. The molecule has 0 saturated carbocycles. The van der Waals surface area contributed by atoms with Gasteiger partial charge in [-0.15, -0.1) is 0 Å². The minimum atomic E-state index is -2.98. The number of carbonyl (C=O) groups excluding carboxylic acids is 1. The fraction of sp³-hybridized carbons (Fsp3) is 0.467. The molecule has 1 amide bonds. The van der Waals surface area contributed by atoms with E-state index in [1.165, 1.54) is 12.1 Å². The molecule has 23 heavy (non-hydrogen) atoms. The fourth-order valence-corrected chi connectivity index (χ4v) is 4.58. The average molecular weight is 337 g/mol. The lowest BCUT2D eigenvalue weighted by atomic mass is 9.94. The first-order chi connectivity index (χ1) is 10.7. The number of carbonyl (C=O) groups is 1. The minimum Gasteiger partial charge on any atom is -0.346 e. The van der Waals surface area contributed by atoms with Crippen LogP contribution in [-0.4, -0.2) is 41.0 Å². The number of pyridine rings is 1. The highest BCUT2D eigenvalue weighted by Gasteiger charge is 2.34. The summed E-state index contributed by atoms with van der Waals surface area (Å²) in [5.41, 5.74) is 1.02. The average Bonchev–Trinajstić information content (AvgIpc) is 2.87. The Balaban J connectivity index is 1.84. The zero-order chi connectivity index (χ0) is 16.8. The predicted molar refractivity (Wildman–Crippen MR) is 86.5 cm³/mol. The SMILES string of the molecule is Cc1cc(=O)cc2cc(C(=O)NC3(C)CCS(=O)(=O)CC3)[nH]n12. The molecule has 0 unspecified atom stereocenters. The van der Waals surface area contributed by atoms with Gasteiger partial charge in [0.1, 0.15) is 15.5 Å². The predicted octanol–water partition coefficient (Wildman–Crippen LogP) is 0.633. The molecule has 8 heteroatoms. The molecule has 3 rings (SSSR count). The second-order valence-electron chi connectivity index (χ2n) is 6.43. The van der Waals surface area contributed by atoms with Crippen LogP contribution in [0.2, 0.25) is 0 Å². The van der Waals surface area contributed by atoms with Crippen molar-refractivity contribution in [3.05, 3.63) is 39.8 Å². The first kappa shape index (κ1) is 15.8. The number of aromatic amines is 1. The smallest absolute Gasteiger partial charge is 0.269 e. The van der Waals surface area contributed by atoms with E-state index in [1.54, 1.807) is 17.5 Å². The van der Waals surface area contributed by atoms with E-state index in [1.807, 2.05) is 6.92 Å². The van der Waals surface area contributed by atoms with Gasteiger partial charge in [-0.25, -0.2) is 8.42 Å². The Morgan fingerprint density at radius 3 is 2.57 bits per heavy atom. The van der Waals surface area contributed by atoms with E-state index in [-0.39, 0.29) is 22.8 Å². The summed E-state index contributed by atoms with van der Waals surface area (Å²) in [6.45, 7) is 3.64. The van der Waals surface area contributed by atoms with Crippen LogP contribution in [0.5, 0.6) is 0 Å². The van der Waals surface area contributed by atoms with Crippen LogP contribution < -0.4 is 10.7 Å². The first-order valence-corrected chi connectivity index (χ1v) is 9.25. The largest absolute Gasteiger partial charge is 0.346 e. The number of nitrogens with one attached hydrogen (secondary N) is 2. The molecule has 2 aromatic rings. The van der Waals surface area contributed by atoms with Gasteiger partial charge in [0, 0.05) is 23.4 Å². The third-order valence-electron chi connectivity index (χ3n) is 4.37. The lowest BCUT2D eigenvalue weighted by molar-refractivity contribution is 0.0894. The van der Waals surface area contributed by atoms with Crippen LogP contribution in [0, 0.1) is 6.92 Å². The minimum absolute atomic E-state index is 0.0872. The Hall–Kier alpha value is -2.09. The zero-order valence-electron chi connectivity index (χ0n) is 13.0. The van der Waals surface area contributed by atoms with Crippen LogP contribution in [0.25, 0.3) is 5.52 Å². The summed E-state index contributed by atoms with van der Waals surface area (Å²) in [6.07, 6.45) is 0.802. The van der Waals surface area contributed by atoms with Crippen LogP contribution >= 0.6 is 0 Å². The van der Waals surface area contributed by atoms with Gasteiger partial charge in [0.05, 0.1) is 17.0 Å². The summed E-state index contributed by atoms with van der Waals surface area (Å²) >= 11 is 0. The van der Waals surface area contributed by atoms with Crippen molar-refractivity contribution in [3.63, 3.8) is 0 Å². The van der Waals surface area contributed by atoms with Crippen molar-refractivity contribution in [2.75, 3.05) is 11.5 Å². The molecule has 0 spiro atoms. The Morgan fingerprint density at radius 2 is 1.91 bits per heavy atom. The quantitative estimate of drug-likeness (QED) is 0.839. The number of rotatable bonds is 2. The molecule has 1 aliphatic rings. The summed E-state index contributed by atoms with van der Waals surface area (Å²) in [6, 6.07) is 4.56. The second kappa shape index (κ2) is 5.23. The molecule has 0 aliphatic carbocycles. The van der Waals surface area contributed by atoms with E-state index >= 15 is 0 Å². The number of fused-ring (bicyclic) bond motifs is 1. The van der Waals surface area contributed by atoms with Crippen molar-refractivity contribution in [3.8, 4) is 0 Å². The van der Waals surface area contributed by atoms with Gasteiger partial charge in [-0.2, -0.15) is 0 Å². The number of hydrogen-bond donors (Lipinski definition) is 2. The third-order valence-corrected chi connectivity index (χ3v) is 6.02. The van der Waals surface area contributed by atoms with Crippen molar-refractivity contribution >= 4 is 21.3 Å². The molecular weight excluding hydrogens is 318 g/mol. The highest BCUT2D eigenvalue weighted by molar-refractivity contribution is 7.91. The normalized spacial score (nSPS) is 19.6. The molecule has 1 saturated heterocycles. The van der Waals surface area contributed by atoms with Gasteiger partial charge in [-0.05, 0) is 32.8 Å². The summed E-state index contributed by atoms with van der Waals surface area (Å²) in [7, 11) is -2.98. The van der Waals surface area contributed by atoms with Crippen molar-refractivity contribution in [1.29, 1.82) is 0 Å². The Morgan fingerprint density at radius 1 is 1.26 bits per heavy atom. The highest BCUT2D eigenvalue weighted by atomic mass is 32.2. The molecule has 0 bridgehead atoms. The molecule has 0 radical (unpaired) electrons. The van der Waals surface area contributed by atoms with Gasteiger partial charge in [0.25, 0.3) is 5.91 Å². The van der Waals surface area contributed by atoms with Gasteiger partial charge in [-0.3, -0.25) is 19.2 Å².